The molecule has 10 nitrogen and oxygen atoms in total. The number of carbonyl (C=O) groups is 4. The van der Waals surface area contributed by atoms with Gasteiger partial charge in [-0.2, -0.15) is 0 Å². The Balaban J connectivity index is 1.99. The van der Waals surface area contributed by atoms with Gasteiger partial charge in [-0.3, -0.25) is 19.2 Å². The fourth-order valence-electron chi connectivity index (χ4n) is 5.50. The maximum absolute atomic E-state index is 12.6. The average molecular weight is 608 g/mol. The van der Waals surface area contributed by atoms with Gasteiger partial charge >= 0.3 is 0 Å². The Hall–Kier alpha value is -2.65. The third-order valence-electron chi connectivity index (χ3n) is 8.22. The number of nitrogens with one attached hydrogen (secondary N) is 3. The molecule has 1 fully saturated rings. The van der Waals surface area contributed by atoms with Gasteiger partial charge in [-0.05, 0) is 38.0 Å². The van der Waals surface area contributed by atoms with Gasteiger partial charge in [-0.15, -0.1) is 0 Å². The third-order valence-corrected chi connectivity index (χ3v) is 8.22. The van der Waals surface area contributed by atoms with Crippen LogP contribution in [0, 0.1) is 5.92 Å². The fourth-order valence-corrected chi connectivity index (χ4v) is 5.50. The molecule has 0 aromatic heterocycles. The molecule has 0 saturated carbocycles. The van der Waals surface area contributed by atoms with Crippen molar-refractivity contribution in [2.45, 2.75) is 142 Å². The normalized spacial score (nSPS) is 14.4. The highest BCUT2D eigenvalue weighted by Crippen LogP contribution is 2.21. The van der Waals surface area contributed by atoms with Crippen molar-refractivity contribution < 1.29 is 24.0 Å². The second kappa shape index (κ2) is 25.8. The molecule has 10 heteroatoms. The Kier molecular flexibility index (Phi) is 23.0. The lowest BCUT2D eigenvalue weighted by molar-refractivity contribution is -0.132. The summed E-state index contributed by atoms with van der Waals surface area (Å²) in [5.41, 5.74) is 0. The first-order valence-electron chi connectivity index (χ1n) is 17.0. The smallest absolute Gasteiger partial charge is 0.242 e. The summed E-state index contributed by atoms with van der Waals surface area (Å²) in [6, 6.07) is -0.737. The number of hydrogen-bond acceptors (Lipinski definition) is 6. The molecule has 1 saturated heterocycles. The lowest BCUT2D eigenvalue weighted by atomic mass is 9.93. The van der Waals surface area contributed by atoms with Gasteiger partial charge in [0.05, 0.1) is 12.8 Å². The Bertz CT molecular complexity index is 799. The van der Waals surface area contributed by atoms with Crippen LogP contribution in [-0.2, 0) is 24.0 Å². The van der Waals surface area contributed by atoms with Crippen molar-refractivity contribution in [1.82, 2.24) is 20.9 Å². The fraction of sp³-hybridized carbons (Fsp3) is 0.848. The predicted octanol–water partition coefficient (Wildman–Crippen LogP) is 5.25. The number of rotatable bonds is 25. The highest BCUT2D eigenvalue weighted by Gasteiger charge is 2.22. The molecule has 1 rings (SSSR count). The molecule has 0 aromatic carbocycles. The van der Waals surface area contributed by atoms with Crippen molar-refractivity contribution in [3.05, 3.63) is 0 Å². The number of carbonyl (C=O) groups excluding carboxylic acids is 4. The van der Waals surface area contributed by atoms with Gasteiger partial charge in [0, 0.05) is 39.9 Å². The highest BCUT2D eigenvalue weighted by atomic mass is 16.6. The van der Waals surface area contributed by atoms with E-state index in [1.807, 2.05) is 4.90 Å². The molecule has 3 N–H and O–H groups in total. The van der Waals surface area contributed by atoms with E-state index in [0.29, 0.717) is 24.9 Å². The molecule has 248 valence electrons. The van der Waals surface area contributed by atoms with Crippen LogP contribution in [0.15, 0.2) is 5.16 Å². The summed E-state index contributed by atoms with van der Waals surface area (Å²) < 4.78 is 0. The van der Waals surface area contributed by atoms with E-state index in [0.717, 1.165) is 45.2 Å². The van der Waals surface area contributed by atoms with Crippen LogP contribution >= 0.6 is 0 Å². The number of amides is 4. The SMILES string of the molecule is CCCCCCCCCCCCCCCC(=O)N1CCC(CCON=CCNC(=O)CC[C@H](NC(C)=O)C(=O)NC)CC1. The molecule has 43 heavy (non-hydrogen) atoms. The maximum Gasteiger partial charge on any atom is 0.242 e. The first-order chi connectivity index (χ1) is 20.9. The van der Waals surface area contributed by atoms with Crippen LogP contribution in [0.1, 0.15) is 136 Å². The summed E-state index contributed by atoms with van der Waals surface area (Å²) >= 11 is 0. The maximum atomic E-state index is 12.6. The second-order valence-corrected chi connectivity index (χ2v) is 11.9. The van der Waals surface area contributed by atoms with Gasteiger partial charge < -0.3 is 25.7 Å². The van der Waals surface area contributed by atoms with Crippen LogP contribution in [-0.4, -0.2) is 74.1 Å². The van der Waals surface area contributed by atoms with Gasteiger partial charge in [0.15, 0.2) is 0 Å². The van der Waals surface area contributed by atoms with Gasteiger partial charge in [0.2, 0.25) is 23.6 Å². The summed E-state index contributed by atoms with van der Waals surface area (Å²) in [6.45, 7) is 6.00. The van der Waals surface area contributed by atoms with E-state index in [9.17, 15) is 19.2 Å². The summed E-state index contributed by atoms with van der Waals surface area (Å²) in [5.74, 6) is -0.0465. The molecule has 1 aliphatic rings. The minimum atomic E-state index is -0.737. The first kappa shape index (κ1) is 38.4. The summed E-state index contributed by atoms with van der Waals surface area (Å²) in [6.07, 6.45) is 22.5. The van der Waals surface area contributed by atoms with E-state index in [1.165, 1.54) is 90.8 Å². The summed E-state index contributed by atoms with van der Waals surface area (Å²) in [4.78, 5) is 55.0. The predicted molar refractivity (Wildman–Crippen MR) is 173 cm³/mol. The van der Waals surface area contributed by atoms with Crippen LogP contribution in [0.5, 0.6) is 0 Å². The third kappa shape index (κ3) is 20.8. The van der Waals surface area contributed by atoms with Crippen LogP contribution in [0.4, 0.5) is 0 Å². The molecular formula is C33H61N5O5. The van der Waals surface area contributed by atoms with Crippen LogP contribution in [0.25, 0.3) is 0 Å². The Morgan fingerprint density at radius 1 is 0.884 bits per heavy atom. The minimum absolute atomic E-state index is 0.105. The lowest BCUT2D eigenvalue weighted by Crippen LogP contribution is -2.45. The van der Waals surface area contributed by atoms with Crippen LogP contribution < -0.4 is 16.0 Å². The van der Waals surface area contributed by atoms with Crippen LogP contribution in [0.2, 0.25) is 0 Å². The molecule has 1 atom stereocenters. The number of hydrogen-bond donors (Lipinski definition) is 3. The van der Waals surface area contributed by atoms with Gasteiger partial charge in [0.1, 0.15) is 12.6 Å². The number of likely N-dealkylation sites (N-methyl/N-ethyl adjacent to an activating group) is 1. The van der Waals surface area contributed by atoms with E-state index in [4.69, 9.17) is 4.84 Å². The van der Waals surface area contributed by atoms with Crippen molar-refractivity contribution in [3.63, 3.8) is 0 Å². The molecule has 1 heterocycles. The van der Waals surface area contributed by atoms with Crippen molar-refractivity contribution in [1.29, 1.82) is 0 Å². The second-order valence-electron chi connectivity index (χ2n) is 11.9. The number of unbranched alkanes of at least 4 members (excludes halogenated alkanes) is 12. The molecule has 0 unspecified atom stereocenters. The Labute approximate surface area is 260 Å². The summed E-state index contributed by atoms with van der Waals surface area (Å²) in [5, 5.41) is 11.6. The molecule has 1 aliphatic heterocycles. The van der Waals surface area contributed by atoms with Gasteiger partial charge in [-0.1, -0.05) is 89.1 Å². The van der Waals surface area contributed by atoms with Crippen LogP contribution in [0.3, 0.4) is 0 Å². The number of oxime groups is 1. The summed E-state index contributed by atoms with van der Waals surface area (Å²) in [7, 11) is 1.49. The van der Waals surface area contributed by atoms with E-state index >= 15 is 0 Å². The monoisotopic (exact) mass is 607 g/mol. The molecule has 4 amide bonds. The van der Waals surface area contributed by atoms with Crippen molar-refractivity contribution in [3.8, 4) is 0 Å². The zero-order valence-corrected chi connectivity index (χ0v) is 27.4. The quantitative estimate of drug-likeness (QED) is 0.0742. The Morgan fingerprint density at radius 3 is 2.02 bits per heavy atom. The molecular weight excluding hydrogens is 546 g/mol. The van der Waals surface area contributed by atoms with Gasteiger partial charge in [-0.25, -0.2) is 0 Å². The largest absolute Gasteiger partial charge is 0.396 e. The minimum Gasteiger partial charge on any atom is -0.396 e. The molecule has 0 radical (unpaired) electrons. The van der Waals surface area contributed by atoms with E-state index in [2.05, 4.69) is 28.0 Å². The zero-order valence-electron chi connectivity index (χ0n) is 27.4. The van der Waals surface area contributed by atoms with Crippen molar-refractivity contribution in [2.75, 3.05) is 33.3 Å². The van der Waals surface area contributed by atoms with Gasteiger partial charge in [0.25, 0.3) is 0 Å². The van der Waals surface area contributed by atoms with Crippen molar-refractivity contribution >= 4 is 29.8 Å². The molecule has 0 aromatic rings. The molecule has 0 bridgehead atoms. The number of nitrogens with zero attached hydrogens (tertiary/aromatic N) is 2. The lowest BCUT2D eigenvalue weighted by Gasteiger charge is -2.32. The highest BCUT2D eigenvalue weighted by molar-refractivity contribution is 5.87. The topological polar surface area (TPSA) is 129 Å². The van der Waals surface area contributed by atoms with E-state index < -0.39 is 6.04 Å². The molecule has 0 spiro atoms. The zero-order chi connectivity index (χ0) is 31.5. The average Bonchev–Trinajstić information content (AvgIpc) is 3.00. The van der Waals surface area contributed by atoms with E-state index in [-0.39, 0.29) is 37.1 Å². The Morgan fingerprint density at radius 2 is 1.47 bits per heavy atom. The number of piperidine rings is 1. The standard InChI is InChI=1S/C33H61N5O5/c1-4-5-6-7-8-9-10-11-12-13-14-15-16-17-32(41)38-25-20-29(21-26-38)22-27-43-36-24-23-35-31(40)19-18-30(33(42)34-3)37-28(2)39/h24,29-30H,4-23,25-27H2,1-3H3,(H,34,42)(H,35,40)(H,37,39)/t30-/m0/s1. The number of likely N-dealkylation sites (tertiary alicyclic amines) is 1. The first-order valence-corrected chi connectivity index (χ1v) is 17.0. The van der Waals surface area contributed by atoms with Crippen molar-refractivity contribution in [2.24, 2.45) is 11.1 Å². The van der Waals surface area contributed by atoms with E-state index in [1.54, 1.807) is 0 Å². The molecule has 0 aliphatic carbocycles.